The van der Waals surface area contributed by atoms with Gasteiger partial charge in [0.05, 0.1) is 0 Å². The SMILES string of the molecule is C=CCCCCCN(C)C(=NC)NCCCCCOC. The molecule has 0 aliphatic carbocycles. The monoisotopic (exact) mass is 283 g/mol. The lowest BCUT2D eigenvalue weighted by atomic mass is 10.2. The van der Waals surface area contributed by atoms with Crippen molar-refractivity contribution in [1.29, 1.82) is 0 Å². The molecule has 0 spiro atoms. The van der Waals surface area contributed by atoms with Crippen LogP contribution in [0.15, 0.2) is 17.6 Å². The Morgan fingerprint density at radius 3 is 2.60 bits per heavy atom. The predicted molar refractivity (Wildman–Crippen MR) is 88.4 cm³/mol. The zero-order valence-corrected chi connectivity index (χ0v) is 13.7. The van der Waals surface area contributed by atoms with Crippen molar-refractivity contribution >= 4 is 5.96 Å². The van der Waals surface area contributed by atoms with E-state index in [2.05, 4.69) is 28.8 Å². The minimum absolute atomic E-state index is 0.860. The molecule has 0 amide bonds. The molecule has 0 aromatic heterocycles. The van der Waals surface area contributed by atoms with Crippen LogP contribution in [0.4, 0.5) is 0 Å². The Morgan fingerprint density at radius 2 is 1.95 bits per heavy atom. The van der Waals surface area contributed by atoms with Crippen LogP contribution in [0.1, 0.15) is 44.9 Å². The van der Waals surface area contributed by atoms with Gasteiger partial charge in [-0.2, -0.15) is 0 Å². The molecule has 0 aliphatic rings. The molecule has 0 fully saturated rings. The summed E-state index contributed by atoms with van der Waals surface area (Å²) in [5.74, 6) is 1.00. The van der Waals surface area contributed by atoms with E-state index in [1.54, 1.807) is 7.11 Å². The lowest BCUT2D eigenvalue weighted by Crippen LogP contribution is -2.39. The molecule has 0 saturated carbocycles. The first-order valence-electron chi connectivity index (χ1n) is 7.77. The van der Waals surface area contributed by atoms with E-state index in [1.165, 1.54) is 25.7 Å². The van der Waals surface area contributed by atoms with Crippen molar-refractivity contribution in [3.8, 4) is 0 Å². The van der Waals surface area contributed by atoms with Gasteiger partial charge in [0.25, 0.3) is 0 Å². The zero-order chi connectivity index (χ0) is 15.1. The fourth-order valence-corrected chi connectivity index (χ4v) is 2.05. The van der Waals surface area contributed by atoms with E-state index in [1.807, 2.05) is 13.1 Å². The van der Waals surface area contributed by atoms with Crippen LogP contribution < -0.4 is 5.32 Å². The highest BCUT2D eigenvalue weighted by atomic mass is 16.5. The first-order valence-corrected chi connectivity index (χ1v) is 7.77. The maximum atomic E-state index is 5.04. The highest BCUT2D eigenvalue weighted by molar-refractivity contribution is 5.79. The number of hydrogen-bond donors (Lipinski definition) is 1. The van der Waals surface area contributed by atoms with Gasteiger partial charge in [-0.3, -0.25) is 4.99 Å². The van der Waals surface area contributed by atoms with Crippen molar-refractivity contribution in [1.82, 2.24) is 10.2 Å². The van der Waals surface area contributed by atoms with Crippen LogP contribution in [-0.4, -0.2) is 51.8 Å². The summed E-state index contributed by atoms with van der Waals surface area (Å²) in [7, 11) is 5.71. The molecule has 0 saturated heterocycles. The average molecular weight is 283 g/mol. The third-order valence-electron chi connectivity index (χ3n) is 3.28. The number of nitrogens with one attached hydrogen (secondary N) is 1. The Morgan fingerprint density at radius 1 is 1.20 bits per heavy atom. The van der Waals surface area contributed by atoms with Gasteiger partial charge in [0, 0.05) is 40.9 Å². The van der Waals surface area contributed by atoms with E-state index >= 15 is 0 Å². The smallest absolute Gasteiger partial charge is 0.193 e. The van der Waals surface area contributed by atoms with Gasteiger partial charge >= 0.3 is 0 Å². The zero-order valence-electron chi connectivity index (χ0n) is 13.7. The molecule has 118 valence electrons. The summed E-state index contributed by atoms with van der Waals surface area (Å²) in [5, 5.41) is 3.42. The Labute approximate surface area is 125 Å². The first kappa shape index (κ1) is 19.0. The summed E-state index contributed by atoms with van der Waals surface area (Å²) in [4.78, 5) is 6.54. The van der Waals surface area contributed by atoms with Crippen LogP contribution in [0.2, 0.25) is 0 Å². The Hall–Kier alpha value is -1.03. The molecule has 0 bridgehead atoms. The minimum Gasteiger partial charge on any atom is -0.385 e. The quantitative estimate of drug-likeness (QED) is 0.259. The molecular formula is C16H33N3O. The van der Waals surface area contributed by atoms with Gasteiger partial charge in [0.15, 0.2) is 5.96 Å². The van der Waals surface area contributed by atoms with Crippen molar-refractivity contribution in [2.45, 2.75) is 44.9 Å². The second kappa shape index (κ2) is 14.4. The molecule has 0 aliphatic heterocycles. The summed E-state index contributed by atoms with van der Waals surface area (Å²) in [6, 6.07) is 0. The largest absolute Gasteiger partial charge is 0.385 e. The Bertz CT molecular complexity index is 254. The number of guanidine groups is 1. The van der Waals surface area contributed by atoms with Crippen molar-refractivity contribution < 1.29 is 4.74 Å². The topological polar surface area (TPSA) is 36.9 Å². The third kappa shape index (κ3) is 10.9. The summed E-state index contributed by atoms with van der Waals surface area (Å²) in [5.41, 5.74) is 0. The number of rotatable bonds is 12. The van der Waals surface area contributed by atoms with Crippen LogP contribution in [-0.2, 0) is 4.74 Å². The van der Waals surface area contributed by atoms with Crippen molar-refractivity contribution in [3.63, 3.8) is 0 Å². The molecule has 0 unspecified atom stereocenters. The van der Waals surface area contributed by atoms with E-state index < -0.39 is 0 Å². The van der Waals surface area contributed by atoms with Gasteiger partial charge in [0.1, 0.15) is 0 Å². The normalized spacial score (nSPS) is 11.4. The van der Waals surface area contributed by atoms with E-state index in [0.29, 0.717) is 0 Å². The van der Waals surface area contributed by atoms with E-state index in [0.717, 1.165) is 44.9 Å². The van der Waals surface area contributed by atoms with Crippen molar-refractivity contribution in [2.24, 2.45) is 4.99 Å². The van der Waals surface area contributed by atoms with Crippen LogP contribution in [0.5, 0.6) is 0 Å². The number of methoxy groups -OCH3 is 1. The maximum Gasteiger partial charge on any atom is 0.193 e. The first-order chi connectivity index (χ1) is 9.76. The molecule has 4 nitrogen and oxygen atoms in total. The number of nitrogens with zero attached hydrogens (tertiary/aromatic N) is 2. The maximum absolute atomic E-state index is 5.04. The van der Waals surface area contributed by atoms with Crippen LogP contribution in [0.25, 0.3) is 0 Å². The lowest BCUT2D eigenvalue weighted by Gasteiger charge is -2.22. The molecule has 0 atom stereocenters. The highest BCUT2D eigenvalue weighted by Gasteiger charge is 2.04. The summed E-state index contributed by atoms with van der Waals surface area (Å²) in [6.07, 6.45) is 10.3. The molecule has 1 N–H and O–H groups in total. The highest BCUT2D eigenvalue weighted by Crippen LogP contribution is 2.01. The summed E-state index contributed by atoms with van der Waals surface area (Å²) >= 11 is 0. The molecule has 0 aromatic carbocycles. The summed E-state index contributed by atoms with van der Waals surface area (Å²) in [6.45, 7) is 6.65. The van der Waals surface area contributed by atoms with Gasteiger partial charge < -0.3 is 15.0 Å². The van der Waals surface area contributed by atoms with Gasteiger partial charge in [0.2, 0.25) is 0 Å². The van der Waals surface area contributed by atoms with Crippen LogP contribution >= 0.6 is 0 Å². The fourth-order valence-electron chi connectivity index (χ4n) is 2.05. The number of unbranched alkanes of at least 4 members (excludes halogenated alkanes) is 5. The Balaban J connectivity index is 3.64. The van der Waals surface area contributed by atoms with Gasteiger partial charge in [-0.15, -0.1) is 6.58 Å². The van der Waals surface area contributed by atoms with Crippen molar-refractivity contribution in [2.75, 3.05) is 40.9 Å². The second-order valence-corrected chi connectivity index (χ2v) is 5.09. The van der Waals surface area contributed by atoms with Gasteiger partial charge in [-0.25, -0.2) is 0 Å². The fraction of sp³-hybridized carbons (Fsp3) is 0.812. The minimum atomic E-state index is 0.860. The molecule has 20 heavy (non-hydrogen) atoms. The molecular weight excluding hydrogens is 250 g/mol. The molecule has 0 aromatic rings. The van der Waals surface area contributed by atoms with Crippen LogP contribution in [0, 0.1) is 0 Å². The second-order valence-electron chi connectivity index (χ2n) is 5.09. The molecule has 0 radical (unpaired) electrons. The third-order valence-corrected chi connectivity index (χ3v) is 3.28. The van der Waals surface area contributed by atoms with Gasteiger partial charge in [-0.1, -0.05) is 12.5 Å². The van der Waals surface area contributed by atoms with E-state index in [9.17, 15) is 0 Å². The standard InChI is InChI=1S/C16H33N3O/c1-5-6-7-8-11-14-19(3)16(17-2)18-13-10-9-12-15-20-4/h5H,1,6-15H2,2-4H3,(H,17,18). The number of hydrogen-bond acceptors (Lipinski definition) is 2. The van der Waals surface area contributed by atoms with Gasteiger partial charge in [-0.05, 0) is 38.5 Å². The number of ether oxygens (including phenoxy) is 1. The number of aliphatic imine (C=N–C) groups is 1. The predicted octanol–water partition coefficient (Wildman–Crippen LogP) is 3.06. The molecule has 4 heteroatoms. The Kier molecular flexibility index (Phi) is 13.6. The van der Waals surface area contributed by atoms with E-state index in [-0.39, 0.29) is 0 Å². The molecule has 0 rings (SSSR count). The van der Waals surface area contributed by atoms with Crippen molar-refractivity contribution in [3.05, 3.63) is 12.7 Å². The average Bonchev–Trinajstić information content (AvgIpc) is 2.46. The molecule has 0 heterocycles. The number of allylic oxidation sites excluding steroid dienone is 1. The lowest BCUT2D eigenvalue weighted by molar-refractivity contribution is 0.192. The van der Waals surface area contributed by atoms with Crippen LogP contribution in [0.3, 0.4) is 0 Å². The van der Waals surface area contributed by atoms with E-state index in [4.69, 9.17) is 4.74 Å². The summed E-state index contributed by atoms with van der Waals surface area (Å²) < 4.78 is 5.04.